The summed E-state index contributed by atoms with van der Waals surface area (Å²) in [5, 5.41) is 2.03. The SMILES string of the molecule is Fc1c(Cl)nc(OC(c2ccccc2)[C@H]2CCNC2)c(F)c1Cl. The Morgan fingerprint density at radius 1 is 1.17 bits per heavy atom. The molecular formula is C16H14Cl2F2N2O. The second kappa shape index (κ2) is 6.99. The second-order valence-electron chi connectivity index (χ2n) is 5.35. The first-order valence-electron chi connectivity index (χ1n) is 7.20. The molecule has 3 rings (SSSR count). The molecule has 1 saturated heterocycles. The van der Waals surface area contributed by atoms with Gasteiger partial charge in [-0.15, -0.1) is 0 Å². The second-order valence-corrected chi connectivity index (χ2v) is 6.09. The van der Waals surface area contributed by atoms with E-state index >= 15 is 0 Å². The van der Waals surface area contributed by atoms with Gasteiger partial charge < -0.3 is 10.1 Å². The highest BCUT2D eigenvalue weighted by atomic mass is 35.5. The quantitative estimate of drug-likeness (QED) is 0.822. The largest absolute Gasteiger partial charge is 0.467 e. The van der Waals surface area contributed by atoms with E-state index in [1.807, 2.05) is 30.3 Å². The summed E-state index contributed by atoms with van der Waals surface area (Å²) in [4.78, 5) is 3.66. The molecule has 1 aliphatic heterocycles. The van der Waals surface area contributed by atoms with Crippen molar-refractivity contribution in [3.05, 3.63) is 57.7 Å². The highest BCUT2D eigenvalue weighted by molar-refractivity contribution is 6.34. The number of pyridine rings is 1. The van der Waals surface area contributed by atoms with E-state index in [4.69, 9.17) is 27.9 Å². The van der Waals surface area contributed by atoms with Gasteiger partial charge in [0.05, 0.1) is 0 Å². The molecule has 7 heteroatoms. The van der Waals surface area contributed by atoms with E-state index in [2.05, 4.69) is 10.3 Å². The summed E-state index contributed by atoms with van der Waals surface area (Å²) in [5.74, 6) is -2.37. The fourth-order valence-electron chi connectivity index (χ4n) is 2.68. The van der Waals surface area contributed by atoms with E-state index in [0.29, 0.717) is 0 Å². The third kappa shape index (κ3) is 3.42. The summed E-state index contributed by atoms with van der Waals surface area (Å²) < 4.78 is 33.4. The molecule has 3 nitrogen and oxygen atoms in total. The molecule has 2 heterocycles. The Balaban J connectivity index is 1.96. The minimum absolute atomic E-state index is 0.140. The third-order valence-electron chi connectivity index (χ3n) is 3.85. The van der Waals surface area contributed by atoms with Gasteiger partial charge in [0.25, 0.3) is 5.88 Å². The van der Waals surface area contributed by atoms with Crippen LogP contribution < -0.4 is 10.1 Å². The normalized spacial score (nSPS) is 18.9. The van der Waals surface area contributed by atoms with Gasteiger partial charge in [0.15, 0.2) is 11.0 Å². The van der Waals surface area contributed by atoms with Gasteiger partial charge in [-0.2, -0.15) is 9.37 Å². The van der Waals surface area contributed by atoms with Gasteiger partial charge in [-0.1, -0.05) is 53.5 Å². The Hall–Kier alpha value is -1.43. The molecule has 0 spiro atoms. The van der Waals surface area contributed by atoms with Crippen molar-refractivity contribution in [3.8, 4) is 5.88 Å². The molecule has 1 aliphatic rings. The van der Waals surface area contributed by atoms with Gasteiger partial charge in [0, 0.05) is 12.5 Å². The fourth-order valence-corrected chi connectivity index (χ4v) is 3.07. The number of benzene rings is 1. The summed E-state index contributed by atoms with van der Waals surface area (Å²) in [6, 6.07) is 9.43. The molecule has 0 radical (unpaired) electrons. The molecule has 1 aromatic heterocycles. The van der Waals surface area contributed by atoms with E-state index < -0.39 is 27.9 Å². The maximum atomic E-state index is 14.2. The molecule has 1 N–H and O–H groups in total. The number of nitrogens with one attached hydrogen (secondary N) is 1. The zero-order valence-electron chi connectivity index (χ0n) is 12.0. The van der Waals surface area contributed by atoms with Gasteiger partial charge in [-0.05, 0) is 18.5 Å². The lowest BCUT2D eigenvalue weighted by atomic mass is 9.95. The minimum Gasteiger partial charge on any atom is -0.467 e. The molecule has 1 fully saturated rings. The summed E-state index contributed by atoms with van der Waals surface area (Å²) in [6.07, 6.45) is 0.454. The van der Waals surface area contributed by atoms with Gasteiger partial charge in [-0.3, -0.25) is 0 Å². The fraction of sp³-hybridized carbons (Fsp3) is 0.312. The van der Waals surface area contributed by atoms with E-state index in [9.17, 15) is 8.78 Å². The first-order chi connectivity index (χ1) is 11.1. The Labute approximate surface area is 142 Å². The zero-order chi connectivity index (χ0) is 16.4. The molecule has 2 aromatic rings. The van der Waals surface area contributed by atoms with Crippen LogP contribution in [0.5, 0.6) is 5.88 Å². The van der Waals surface area contributed by atoms with Crippen LogP contribution in [0.3, 0.4) is 0 Å². The third-order valence-corrected chi connectivity index (χ3v) is 4.43. The lowest BCUT2D eigenvalue weighted by molar-refractivity contribution is 0.131. The van der Waals surface area contributed by atoms with Crippen molar-refractivity contribution in [3.63, 3.8) is 0 Å². The summed E-state index contributed by atoms with van der Waals surface area (Å²) in [7, 11) is 0. The number of halogens is 4. The lowest BCUT2D eigenvalue weighted by Crippen LogP contribution is -2.22. The van der Waals surface area contributed by atoms with Crippen LogP contribution in [0.2, 0.25) is 10.2 Å². The van der Waals surface area contributed by atoms with Crippen LogP contribution in [-0.2, 0) is 0 Å². The van der Waals surface area contributed by atoms with Crippen LogP contribution in [0, 0.1) is 17.6 Å². The van der Waals surface area contributed by atoms with Crippen molar-refractivity contribution < 1.29 is 13.5 Å². The molecule has 1 aromatic carbocycles. The van der Waals surface area contributed by atoms with E-state index in [1.54, 1.807) is 0 Å². The van der Waals surface area contributed by atoms with Crippen LogP contribution in [0.1, 0.15) is 18.1 Å². The van der Waals surface area contributed by atoms with Crippen molar-refractivity contribution in [1.82, 2.24) is 10.3 Å². The average Bonchev–Trinajstić information content (AvgIpc) is 3.10. The monoisotopic (exact) mass is 358 g/mol. The molecular weight excluding hydrogens is 345 g/mol. The van der Waals surface area contributed by atoms with Gasteiger partial charge in [0.1, 0.15) is 11.1 Å². The predicted octanol–water partition coefficient (Wildman–Crippen LogP) is 4.40. The van der Waals surface area contributed by atoms with Crippen molar-refractivity contribution in [2.45, 2.75) is 12.5 Å². The highest BCUT2D eigenvalue weighted by Crippen LogP contribution is 2.36. The summed E-state index contributed by atoms with van der Waals surface area (Å²) >= 11 is 11.3. The average molecular weight is 359 g/mol. The Morgan fingerprint density at radius 3 is 2.57 bits per heavy atom. The van der Waals surface area contributed by atoms with Crippen molar-refractivity contribution >= 4 is 23.2 Å². The Kier molecular flexibility index (Phi) is 4.99. The summed E-state index contributed by atoms with van der Waals surface area (Å²) in [5.41, 5.74) is 0.888. The molecule has 0 aliphatic carbocycles. The standard InChI is InChI=1S/C16H14Cl2F2N2O/c17-11-12(19)15(18)22-16(13(11)20)23-14(10-6-7-21-8-10)9-4-2-1-3-5-9/h1-5,10,14,21H,6-8H2/t10-,14?/m0/s1. The molecule has 1 unspecified atom stereocenters. The van der Waals surface area contributed by atoms with Crippen LogP contribution in [-0.4, -0.2) is 18.1 Å². The van der Waals surface area contributed by atoms with Gasteiger partial charge in [0.2, 0.25) is 5.82 Å². The Bertz CT molecular complexity index is 694. The lowest BCUT2D eigenvalue weighted by Gasteiger charge is -2.24. The number of hydrogen-bond donors (Lipinski definition) is 1. The molecule has 0 bridgehead atoms. The molecule has 2 atom stereocenters. The molecule has 122 valence electrons. The Morgan fingerprint density at radius 2 is 1.91 bits per heavy atom. The predicted molar refractivity (Wildman–Crippen MR) is 85.0 cm³/mol. The first kappa shape index (κ1) is 16.4. The maximum absolute atomic E-state index is 14.2. The topological polar surface area (TPSA) is 34.1 Å². The number of rotatable bonds is 4. The van der Waals surface area contributed by atoms with Crippen LogP contribution in [0.25, 0.3) is 0 Å². The van der Waals surface area contributed by atoms with Crippen molar-refractivity contribution in [1.29, 1.82) is 0 Å². The number of aromatic nitrogens is 1. The minimum atomic E-state index is -1.09. The van der Waals surface area contributed by atoms with Crippen molar-refractivity contribution in [2.75, 3.05) is 13.1 Å². The number of nitrogens with zero attached hydrogens (tertiary/aromatic N) is 1. The summed E-state index contributed by atoms with van der Waals surface area (Å²) in [6.45, 7) is 1.60. The van der Waals surface area contributed by atoms with E-state index in [0.717, 1.165) is 25.1 Å². The molecule has 0 saturated carbocycles. The number of hydrogen-bond acceptors (Lipinski definition) is 3. The molecule has 23 heavy (non-hydrogen) atoms. The smallest absolute Gasteiger partial charge is 0.254 e. The van der Waals surface area contributed by atoms with Crippen molar-refractivity contribution in [2.24, 2.45) is 5.92 Å². The van der Waals surface area contributed by atoms with E-state index in [1.165, 1.54) is 0 Å². The first-order valence-corrected chi connectivity index (χ1v) is 7.96. The van der Waals surface area contributed by atoms with Gasteiger partial charge >= 0.3 is 0 Å². The maximum Gasteiger partial charge on any atom is 0.254 e. The highest BCUT2D eigenvalue weighted by Gasteiger charge is 2.30. The van der Waals surface area contributed by atoms with Crippen LogP contribution >= 0.6 is 23.2 Å². The number of ether oxygens (including phenoxy) is 1. The zero-order valence-corrected chi connectivity index (χ0v) is 13.5. The van der Waals surface area contributed by atoms with Crippen LogP contribution in [0.15, 0.2) is 30.3 Å². The van der Waals surface area contributed by atoms with E-state index in [-0.39, 0.29) is 11.8 Å². The van der Waals surface area contributed by atoms with Crippen LogP contribution in [0.4, 0.5) is 8.78 Å². The molecule has 0 amide bonds. The van der Waals surface area contributed by atoms with Gasteiger partial charge in [-0.25, -0.2) is 4.39 Å².